The van der Waals surface area contributed by atoms with E-state index >= 15 is 0 Å². The fourth-order valence-corrected chi connectivity index (χ4v) is 1.97. The molecule has 1 aliphatic rings. The molecule has 0 radical (unpaired) electrons. The number of benzene rings is 1. The highest BCUT2D eigenvalue weighted by Crippen LogP contribution is 2.17. The zero-order chi connectivity index (χ0) is 13.1. The molecule has 1 aromatic carbocycles. The number of carbonyl (C=O) groups is 2. The van der Waals surface area contributed by atoms with Crippen LogP contribution in [0, 0.1) is 5.82 Å². The number of nitrogens with zero attached hydrogens (tertiary/aromatic N) is 1. The summed E-state index contributed by atoms with van der Waals surface area (Å²) in [4.78, 5) is 24.9. The van der Waals surface area contributed by atoms with Crippen LogP contribution in [0.1, 0.15) is 16.8 Å². The van der Waals surface area contributed by atoms with Gasteiger partial charge in [-0.25, -0.2) is 4.39 Å². The van der Waals surface area contributed by atoms with Gasteiger partial charge in [-0.15, -0.1) is 0 Å². The van der Waals surface area contributed by atoms with Crippen molar-refractivity contribution in [2.75, 3.05) is 19.6 Å². The van der Waals surface area contributed by atoms with E-state index in [2.05, 4.69) is 5.32 Å². The Balaban J connectivity index is 2.19. The van der Waals surface area contributed by atoms with Crippen molar-refractivity contribution >= 4 is 23.4 Å². The normalized spacial score (nSPS) is 16.1. The van der Waals surface area contributed by atoms with Crippen molar-refractivity contribution < 1.29 is 14.0 Å². The van der Waals surface area contributed by atoms with Crippen LogP contribution in [0.5, 0.6) is 0 Å². The minimum Gasteiger partial charge on any atom is -0.354 e. The van der Waals surface area contributed by atoms with E-state index in [1.54, 1.807) is 0 Å². The molecule has 0 unspecified atom stereocenters. The summed E-state index contributed by atoms with van der Waals surface area (Å²) in [5.41, 5.74) is 0.288. The van der Waals surface area contributed by atoms with Crippen molar-refractivity contribution in [2.45, 2.75) is 6.42 Å². The zero-order valence-corrected chi connectivity index (χ0v) is 10.3. The highest BCUT2D eigenvalue weighted by molar-refractivity contribution is 6.31. The Bertz CT molecular complexity index is 493. The van der Waals surface area contributed by atoms with Gasteiger partial charge in [-0.05, 0) is 24.6 Å². The maximum absolute atomic E-state index is 13.0. The third-order valence-corrected chi connectivity index (χ3v) is 3.00. The van der Waals surface area contributed by atoms with Gasteiger partial charge in [-0.3, -0.25) is 9.59 Å². The minimum atomic E-state index is -0.568. The number of nitrogens with one attached hydrogen (secondary N) is 1. The van der Waals surface area contributed by atoms with Gasteiger partial charge in [0.05, 0.1) is 11.6 Å². The van der Waals surface area contributed by atoms with Crippen molar-refractivity contribution in [3.8, 4) is 0 Å². The highest BCUT2D eigenvalue weighted by Gasteiger charge is 2.21. The first kappa shape index (κ1) is 12.8. The predicted molar refractivity (Wildman–Crippen MR) is 64.9 cm³/mol. The summed E-state index contributed by atoms with van der Waals surface area (Å²) in [6, 6.07) is 3.79. The summed E-state index contributed by atoms with van der Waals surface area (Å²) < 4.78 is 13.0. The Morgan fingerprint density at radius 2 is 2.22 bits per heavy atom. The second-order valence-corrected chi connectivity index (χ2v) is 4.47. The van der Waals surface area contributed by atoms with E-state index in [9.17, 15) is 14.0 Å². The average molecular weight is 271 g/mol. The lowest BCUT2D eigenvalue weighted by Crippen LogP contribution is -2.37. The number of halogens is 2. The van der Waals surface area contributed by atoms with Crippen molar-refractivity contribution in [1.29, 1.82) is 0 Å². The molecule has 0 saturated carbocycles. The molecule has 0 bridgehead atoms. The van der Waals surface area contributed by atoms with E-state index in [1.165, 1.54) is 17.0 Å². The van der Waals surface area contributed by atoms with E-state index in [1.807, 2.05) is 0 Å². The SMILES string of the molecule is O=C1CN(C(=O)c2ccc(F)c(Cl)c2)CCCN1. The van der Waals surface area contributed by atoms with Crippen LogP contribution in [0.2, 0.25) is 5.02 Å². The van der Waals surface area contributed by atoms with Crippen molar-refractivity contribution in [1.82, 2.24) is 10.2 Å². The van der Waals surface area contributed by atoms with Crippen molar-refractivity contribution in [2.24, 2.45) is 0 Å². The lowest BCUT2D eigenvalue weighted by Gasteiger charge is -2.19. The molecule has 0 atom stereocenters. The van der Waals surface area contributed by atoms with E-state index in [-0.39, 0.29) is 28.9 Å². The second-order valence-electron chi connectivity index (χ2n) is 4.06. The summed E-state index contributed by atoms with van der Waals surface area (Å²) in [6.07, 6.45) is 0.701. The summed E-state index contributed by atoms with van der Waals surface area (Å²) in [5, 5.41) is 2.59. The quantitative estimate of drug-likeness (QED) is 0.840. The van der Waals surface area contributed by atoms with Gasteiger partial charge in [0, 0.05) is 18.7 Å². The number of rotatable bonds is 1. The molecular weight excluding hydrogens is 259 g/mol. The van der Waals surface area contributed by atoms with Gasteiger partial charge in [0.25, 0.3) is 5.91 Å². The van der Waals surface area contributed by atoms with Gasteiger partial charge in [0.2, 0.25) is 5.91 Å². The molecule has 1 aromatic rings. The first-order valence-corrected chi connectivity index (χ1v) is 5.97. The Kier molecular flexibility index (Phi) is 3.81. The van der Waals surface area contributed by atoms with Crippen LogP contribution < -0.4 is 5.32 Å². The van der Waals surface area contributed by atoms with Crippen LogP contribution in [-0.4, -0.2) is 36.3 Å². The topological polar surface area (TPSA) is 49.4 Å². The summed E-state index contributed by atoms with van der Waals surface area (Å²) in [6.45, 7) is 1.08. The molecule has 2 rings (SSSR count). The predicted octanol–water partition coefficient (Wildman–Crippen LogP) is 1.44. The van der Waals surface area contributed by atoms with Crippen LogP contribution in [0.4, 0.5) is 4.39 Å². The molecule has 6 heteroatoms. The van der Waals surface area contributed by atoms with Gasteiger partial charge in [-0.2, -0.15) is 0 Å². The fraction of sp³-hybridized carbons (Fsp3) is 0.333. The van der Waals surface area contributed by atoms with Crippen molar-refractivity contribution in [3.63, 3.8) is 0 Å². The summed E-state index contributed by atoms with van der Waals surface area (Å²) >= 11 is 5.63. The van der Waals surface area contributed by atoms with E-state index in [0.29, 0.717) is 19.5 Å². The fourth-order valence-electron chi connectivity index (χ4n) is 1.79. The van der Waals surface area contributed by atoms with E-state index in [4.69, 9.17) is 11.6 Å². The van der Waals surface area contributed by atoms with Gasteiger partial charge >= 0.3 is 0 Å². The van der Waals surface area contributed by atoms with Crippen LogP contribution in [0.25, 0.3) is 0 Å². The Morgan fingerprint density at radius 3 is 2.94 bits per heavy atom. The molecule has 0 spiro atoms. The average Bonchev–Trinajstić information content (AvgIpc) is 2.56. The van der Waals surface area contributed by atoms with E-state index < -0.39 is 5.82 Å². The first-order chi connectivity index (χ1) is 8.58. The zero-order valence-electron chi connectivity index (χ0n) is 9.58. The second kappa shape index (κ2) is 5.35. The van der Waals surface area contributed by atoms with E-state index in [0.717, 1.165) is 6.07 Å². The Morgan fingerprint density at radius 1 is 1.44 bits per heavy atom. The van der Waals surface area contributed by atoms with Crippen LogP contribution in [0.3, 0.4) is 0 Å². The molecule has 1 aliphatic heterocycles. The third kappa shape index (κ3) is 2.79. The smallest absolute Gasteiger partial charge is 0.254 e. The standard InChI is InChI=1S/C12H12ClFN2O2/c13-9-6-8(2-3-10(9)14)12(18)16-5-1-4-15-11(17)7-16/h2-3,6H,1,4-5,7H2,(H,15,17). The molecule has 18 heavy (non-hydrogen) atoms. The molecule has 1 fully saturated rings. The number of amides is 2. The van der Waals surface area contributed by atoms with Crippen molar-refractivity contribution in [3.05, 3.63) is 34.6 Å². The first-order valence-electron chi connectivity index (χ1n) is 5.59. The lowest BCUT2D eigenvalue weighted by molar-refractivity contribution is -0.121. The Labute approximate surface area is 109 Å². The van der Waals surface area contributed by atoms with Crippen LogP contribution in [-0.2, 0) is 4.79 Å². The monoisotopic (exact) mass is 270 g/mol. The molecule has 0 aromatic heterocycles. The highest BCUT2D eigenvalue weighted by atomic mass is 35.5. The van der Waals surface area contributed by atoms with Gasteiger partial charge < -0.3 is 10.2 Å². The maximum Gasteiger partial charge on any atom is 0.254 e. The van der Waals surface area contributed by atoms with Gasteiger partial charge in [0.1, 0.15) is 5.82 Å². The number of hydrogen-bond acceptors (Lipinski definition) is 2. The third-order valence-electron chi connectivity index (χ3n) is 2.72. The minimum absolute atomic E-state index is 0.0217. The van der Waals surface area contributed by atoms with Crippen LogP contribution in [0.15, 0.2) is 18.2 Å². The van der Waals surface area contributed by atoms with Gasteiger partial charge in [0.15, 0.2) is 0 Å². The lowest BCUT2D eigenvalue weighted by atomic mass is 10.2. The summed E-state index contributed by atoms with van der Waals surface area (Å²) in [5.74, 6) is -1.06. The summed E-state index contributed by atoms with van der Waals surface area (Å²) in [7, 11) is 0. The number of carbonyl (C=O) groups excluding carboxylic acids is 2. The molecular formula is C12H12ClFN2O2. The molecule has 96 valence electrons. The molecule has 1 heterocycles. The number of hydrogen-bond donors (Lipinski definition) is 1. The maximum atomic E-state index is 13.0. The molecule has 1 saturated heterocycles. The van der Waals surface area contributed by atoms with Crippen LogP contribution >= 0.6 is 11.6 Å². The molecule has 0 aliphatic carbocycles. The molecule has 1 N–H and O–H groups in total. The molecule has 2 amide bonds. The Hall–Kier alpha value is -1.62. The van der Waals surface area contributed by atoms with Gasteiger partial charge in [-0.1, -0.05) is 11.6 Å². The molecule has 4 nitrogen and oxygen atoms in total. The largest absolute Gasteiger partial charge is 0.354 e.